The maximum atomic E-state index is 5.64. The van der Waals surface area contributed by atoms with Crippen molar-refractivity contribution >= 4 is 0 Å². The topological polar surface area (TPSA) is 39.1 Å². The minimum atomic E-state index is 0.461. The van der Waals surface area contributed by atoms with Gasteiger partial charge in [0.15, 0.2) is 0 Å². The molecule has 1 aliphatic heterocycles. The van der Waals surface area contributed by atoms with Crippen LogP contribution in [0.25, 0.3) is 0 Å². The lowest BCUT2D eigenvalue weighted by Crippen LogP contribution is -2.23. The Bertz CT molecular complexity index is 329. The highest BCUT2D eigenvalue weighted by Crippen LogP contribution is 2.16. The van der Waals surface area contributed by atoms with Crippen LogP contribution >= 0.6 is 0 Å². The third kappa shape index (κ3) is 3.82. The Labute approximate surface area is 103 Å². The van der Waals surface area contributed by atoms with Crippen molar-refractivity contribution in [2.24, 2.45) is 0 Å². The van der Waals surface area contributed by atoms with Crippen LogP contribution in [0.2, 0.25) is 0 Å². The number of ether oxygens (including phenoxy) is 1. The van der Waals surface area contributed by atoms with Crippen molar-refractivity contribution in [1.29, 1.82) is 0 Å². The molecule has 1 aromatic heterocycles. The lowest BCUT2D eigenvalue weighted by atomic mass is 10.2. The minimum Gasteiger partial charge on any atom is -0.378 e. The van der Waals surface area contributed by atoms with Gasteiger partial charge in [-0.3, -0.25) is 0 Å². The second-order valence-corrected chi connectivity index (χ2v) is 5.04. The normalized spacial score (nSPS) is 20.3. The van der Waals surface area contributed by atoms with Crippen LogP contribution in [-0.4, -0.2) is 28.3 Å². The highest BCUT2D eigenvalue weighted by molar-refractivity contribution is 4.98. The third-order valence-corrected chi connectivity index (χ3v) is 3.21. The minimum absolute atomic E-state index is 0.461. The number of aryl methyl sites for hydroxylation is 1. The summed E-state index contributed by atoms with van der Waals surface area (Å²) in [7, 11) is 0. The molecule has 17 heavy (non-hydrogen) atoms. The van der Waals surface area contributed by atoms with Crippen molar-refractivity contribution in [2.45, 2.75) is 58.3 Å². The Morgan fingerprint density at radius 2 is 2.47 bits per heavy atom. The molecule has 0 amide bonds. The summed E-state index contributed by atoms with van der Waals surface area (Å²) in [6, 6.07) is 0.511. The fourth-order valence-corrected chi connectivity index (χ4v) is 2.16. The fourth-order valence-electron chi connectivity index (χ4n) is 2.16. The summed E-state index contributed by atoms with van der Waals surface area (Å²) in [4.78, 5) is 4.23. The van der Waals surface area contributed by atoms with Gasteiger partial charge in [0, 0.05) is 31.9 Å². The smallest absolute Gasteiger partial charge is 0.0948 e. The molecule has 2 heterocycles. The number of imidazole rings is 1. The molecule has 0 aliphatic carbocycles. The standard InChI is InChI=1S/C13H23N3O/c1-11(2)15-9-12-8-14-10-16(12)6-5-13-4-3-7-17-13/h8,10-11,13,15H,3-7,9H2,1-2H3. The summed E-state index contributed by atoms with van der Waals surface area (Å²) in [5, 5.41) is 3.42. The summed E-state index contributed by atoms with van der Waals surface area (Å²) in [6.07, 6.45) is 7.87. The van der Waals surface area contributed by atoms with E-state index >= 15 is 0 Å². The van der Waals surface area contributed by atoms with Crippen molar-refractivity contribution in [2.75, 3.05) is 6.61 Å². The van der Waals surface area contributed by atoms with Crippen molar-refractivity contribution in [3.05, 3.63) is 18.2 Å². The van der Waals surface area contributed by atoms with Gasteiger partial charge in [-0.05, 0) is 19.3 Å². The molecule has 4 heteroatoms. The number of nitrogens with zero attached hydrogens (tertiary/aromatic N) is 2. The molecule has 1 fully saturated rings. The molecule has 0 bridgehead atoms. The molecule has 1 aliphatic rings. The molecule has 0 spiro atoms. The second kappa shape index (κ2) is 6.17. The van der Waals surface area contributed by atoms with E-state index in [0.29, 0.717) is 12.1 Å². The number of nitrogens with one attached hydrogen (secondary N) is 1. The van der Waals surface area contributed by atoms with Gasteiger partial charge in [0.2, 0.25) is 0 Å². The first kappa shape index (κ1) is 12.6. The molecule has 2 rings (SSSR count). The van der Waals surface area contributed by atoms with Crippen LogP contribution in [-0.2, 0) is 17.8 Å². The van der Waals surface area contributed by atoms with Crippen molar-refractivity contribution < 1.29 is 4.74 Å². The molecular formula is C13H23N3O. The van der Waals surface area contributed by atoms with Gasteiger partial charge in [-0.2, -0.15) is 0 Å². The predicted octanol–water partition coefficient (Wildman–Crippen LogP) is 1.95. The van der Waals surface area contributed by atoms with Crippen LogP contribution in [0, 0.1) is 0 Å². The summed E-state index contributed by atoms with van der Waals surface area (Å²) in [6.45, 7) is 7.17. The van der Waals surface area contributed by atoms with E-state index in [4.69, 9.17) is 4.74 Å². The molecule has 1 unspecified atom stereocenters. The number of hydrogen-bond donors (Lipinski definition) is 1. The first-order valence-corrected chi connectivity index (χ1v) is 6.59. The van der Waals surface area contributed by atoms with E-state index in [1.165, 1.54) is 18.5 Å². The molecule has 4 nitrogen and oxygen atoms in total. The van der Waals surface area contributed by atoms with E-state index in [0.717, 1.165) is 26.1 Å². The van der Waals surface area contributed by atoms with E-state index in [1.807, 2.05) is 12.5 Å². The van der Waals surface area contributed by atoms with Gasteiger partial charge in [-0.15, -0.1) is 0 Å². The molecule has 1 aromatic rings. The third-order valence-electron chi connectivity index (χ3n) is 3.21. The maximum Gasteiger partial charge on any atom is 0.0948 e. The second-order valence-electron chi connectivity index (χ2n) is 5.04. The first-order valence-electron chi connectivity index (χ1n) is 6.59. The van der Waals surface area contributed by atoms with Crippen LogP contribution in [0.1, 0.15) is 38.8 Å². The van der Waals surface area contributed by atoms with Crippen LogP contribution in [0.15, 0.2) is 12.5 Å². The molecule has 1 N–H and O–H groups in total. The zero-order valence-electron chi connectivity index (χ0n) is 10.9. The van der Waals surface area contributed by atoms with Gasteiger partial charge in [-0.1, -0.05) is 13.8 Å². The largest absolute Gasteiger partial charge is 0.378 e. The van der Waals surface area contributed by atoms with E-state index in [2.05, 4.69) is 28.7 Å². The van der Waals surface area contributed by atoms with Crippen LogP contribution in [0.4, 0.5) is 0 Å². The van der Waals surface area contributed by atoms with Crippen LogP contribution < -0.4 is 5.32 Å². The SMILES string of the molecule is CC(C)NCc1cncn1CCC1CCCO1. The van der Waals surface area contributed by atoms with Gasteiger partial charge in [0.1, 0.15) is 0 Å². The zero-order chi connectivity index (χ0) is 12.1. The van der Waals surface area contributed by atoms with E-state index in [9.17, 15) is 0 Å². The number of aromatic nitrogens is 2. The quantitative estimate of drug-likeness (QED) is 0.822. The lowest BCUT2D eigenvalue weighted by Gasteiger charge is -2.13. The van der Waals surface area contributed by atoms with E-state index in [1.54, 1.807) is 0 Å². The number of hydrogen-bond acceptors (Lipinski definition) is 3. The van der Waals surface area contributed by atoms with Crippen molar-refractivity contribution in [3.63, 3.8) is 0 Å². The Balaban J connectivity index is 1.80. The zero-order valence-corrected chi connectivity index (χ0v) is 10.9. The molecular weight excluding hydrogens is 214 g/mol. The molecule has 0 saturated carbocycles. The Kier molecular flexibility index (Phi) is 4.57. The molecule has 96 valence electrons. The Morgan fingerprint density at radius 3 is 3.18 bits per heavy atom. The maximum absolute atomic E-state index is 5.64. The molecule has 1 atom stereocenters. The lowest BCUT2D eigenvalue weighted by molar-refractivity contribution is 0.100. The van der Waals surface area contributed by atoms with Gasteiger partial charge >= 0.3 is 0 Å². The first-order chi connectivity index (χ1) is 8.25. The summed E-state index contributed by atoms with van der Waals surface area (Å²) in [5.41, 5.74) is 1.26. The Morgan fingerprint density at radius 1 is 1.59 bits per heavy atom. The van der Waals surface area contributed by atoms with Crippen LogP contribution in [0.5, 0.6) is 0 Å². The van der Waals surface area contributed by atoms with E-state index in [-0.39, 0.29) is 0 Å². The fraction of sp³-hybridized carbons (Fsp3) is 0.769. The Hall–Kier alpha value is -0.870. The highest BCUT2D eigenvalue weighted by atomic mass is 16.5. The van der Waals surface area contributed by atoms with Crippen LogP contribution in [0.3, 0.4) is 0 Å². The summed E-state index contributed by atoms with van der Waals surface area (Å²) >= 11 is 0. The molecule has 0 aromatic carbocycles. The van der Waals surface area contributed by atoms with Gasteiger partial charge in [0.25, 0.3) is 0 Å². The highest BCUT2D eigenvalue weighted by Gasteiger charge is 2.15. The molecule has 0 radical (unpaired) electrons. The van der Waals surface area contributed by atoms with Crippen molar-refractivity contribution in [1.82, 2.24) is 14.9 Å². The van der Waals surface area contributed by atoms with Gasteiger partial charge < -0.3 is 14.6 Å². The average Bonchev–Trinajstić information content (AvgIpc) is 2.95. The van der Waals surface area contributed by atoms with Gasteiger partial charge in [0.05, 0.1) is 18.1 Å². The predicted molar refractivity (Wildman–Crippen MR) is 67.8 cm³/mol. The number of rotatable bonds is 6. The summed E-state index contributed by atoms with van der Waals surface area (Å²) < 4.78 is 7.87. The van der Waals surface area contributed by atoms with Crippen molar-refractivity contribution in [3.8, 4) is 0 Å². The van der Waals surface area contributed by atoms with E-state index < -0.39 is 0 Å². The average molecular weight is 237 g/mol. The van der Waals surface area contributed by atoms with Gasteiger partial charge in [-0.25, -0.2) is 4.98 Å². The monoisotopic (exact) mass is 237 g/mol. The summed E-state index contributed by atoms with van der Waals surface area (Å²) in [5.74, 6) is 0. The molecule has 1 saturated heterocycles.